The van der Waals surface area contributed by atoms with Crippen LogP contribution in [0.1, 0.15) is 63.6 Å². The van der Waals surface area contributed by atoms with Crippen LogP contribution in [0.3, 0.4) is 0 Å². The zero-order valence-corrected chi connectivity index (χ0v) is 28.5. The van der Waals surface area contributed by atoms with E-state index in [0.717, 1.165) is 72.2 Å². The number of allylic oxidation sites excluding steroid dienone is 1. The van der Waals surface area contributed by atoms with E-state index in [0.29, 0.717) is 12.2 Å². The normalized spacial score (nSPS) is 18.4. The molecule has 4 aromatic carbocycles. The zero-order valence-electron chi connectivity index (χ0n) is 28.5. The maximum Gasteiger partial charge on any atom is 0.262 e. The van der Waals surface area contributed by atoms with Crippen molar-refractivity contribution >= 4 is 40.5 Å². The fraction of sp³-hybridized carbons (Fsp3) is 0.268. The van der Waals surface area contributed by atoms with Crippen LogP contribution in [-0.4, -0.2) is 83.9 Å². The van der Waals surface area contributed by atoms with Crippen LogP contribution in [0.25, 0.3) is 11.1 Å². The fourth-order valence-electron chi connectivity index (χ4n) is 7.20. The molecule has 4 aromatic rings. The fourth-order valence-corrected chi connectivity index (χ4v) is 7.20. The van der Waals surface area contributed by atoms with Crippen molar-refractivity contribution in [2.75, 3.05) is 44.2 Å². The average molecular weight is 685 g/mol. The van der Waals surface area contributed by atoms with Gasteiger partial charge >= 0.3 is 0 Å². The molecule has 1 unspecified atom stereocenters. The Labute approximate surface area is 296 Å². The molecule has 3 heterocycles. The Hall–Kier alpha value is -5.74. The second kappa shape index (κ2) is 14.6. The Morgan fingerprint density at radius 2 is 1.45 bits per heavy atom. The number of rotatable bonds is 10. The standard InChI is InChI=1S/C41H40N4O6/c1-2-33(27-6-4-3-5-7-27)38(28-8-13-31(46)14-9-28)29-10-15-32(16-11-29)51-25-24-43-20-22-44(23-21-43)30-12-17-34-35(26-30)41(50)45(40(34)49)36-18-19-37(47)42-39(36)48/h3-17,26,36,46H,2,18-25H2,1H3,(H,42,47,48). The van der Waals surface area contributed by atoms with Crippen LogP contribution in [0, 0.1) is 0 Å². The number of piperidine rings is 1. The quantitative estimate of drug-likeness (QED) is 0.169. The minimum Gasteiger partial charge on any atom is -0.508 e. The molecular formula is C41H40N4O6. The molecule has 10 nitrogen and oxygen atoms in total. The van der Waals surface area contributed by atoms with Gasteiger partial charge in [0.2, 0.25) is 11.8 Å². The number of carbonyl (C=O) groups excluding carboxylic acids is 4. The summed E-state index contributed by atoms with van der Waals surface area (Å²) in [5, 5.41) is 12.2. The second-order valence-corrected chi connectivity index (χ2v) is 13.0. The Kier molecular flexibility index (Phi) is 9.68. The predicted octanol–water partition coefficient (Wildman–Crippen LogP) is 5.36. The maximum atomic E-state index is 13.3. The number of benzene rings is 4. The number of ether oxygens (including phenoxy) is 1. The summed E-state index contributed by atoms with van der Waals surface area (Å²) in [6.45, 7) is 6.59. The van der Waals surface area contributed by atoms with Crippen LogP contribution >= 0.6 is 0 Å². The minimum absolute atomic E-state index is 0.0895. The summed E-state index contributed by atoms with van der Waals surface area (Å²) in [6.07, 6.45) is 1.07. The number of nitrogens with one attached hydrogen (secondary N) is 1. The average Bonchev–Trinajstić information content (AvgIpc) is 3.40. The first-order valence-electron chi connectivity index (χ1n) is 17.4. The zero-order chi connectivity index (χ0) is 35.5. The van der Waals surface area contributed by atoms with E-state index in [1.165, 1.54) is 11.1 Å². The molecule has 51 heavy (non-hydrogen) atoms. The summed E-state index contributed by atoms with van der Waals surface area (Å²) in [6, 6.07) is 30.2. The second-order valence-electron chi connectivity index (χ2n) is 13.0. The van der Waals surface area contributed by atoms with E-state index >= 15 is 0 Å². The molecule has 2 saturated heterocycles. The van der Waals surface area contributed by atoms with E-state index < -0.39 is 29.7 Å². The van der Waals surface area contributed by atoms with Gasteiger partial charge in [-0.3, -0.25) is 34.3 Å². The van der Waals surface area contributed by atoms with Crippen molar-refractivity contribution in [3.8, 4) is 11.5 Å². The molecule has 3 aliphatic rings. The van der Waals surface area contributed by atoms with E-state index in [-0.39, 0.29) is 24.2 Å². The number of piperazine rings is 1. The summed E-state index contributed by atoms with van der Waals surface area (Å²) in [7, 11) is 0. The first-order valence-corrected chi connectivity index (χ1v) is 17.4. The molecule has 10 heteroatoms. The van der Waals surface area contributed by atoms with Crippen LogP contribution in [0.2, 0.25) is 0 Å². The Balaban J connectivity index is 0.951. The van der Waals surface area contributed by atoms with E-state index in [9.17, 15) is 24.3 Å². The predicted molar refractivity (Wildman–Crippen MR) is 194 cm³/mol. The molecule has 4 amide bonds. The first kappa shape index (κ1) is 33.7. The topological polar surface area (TPSA) is 119 Å². The molecule has 0 spiro atoms. The lowest BCUT2D eigenvalue weighted by Gasteiger charge is -2.36. The molecule has 0 aromatic heterocycles. The van der Waals surface area contributed by atoms with Gasteiger partial charge in [-0.1, -0.05) is 61.5 Å². The smallest absolute Gasteiger partial charge is 0.262 e. The van der Waals surface area contributed by atoms with Crippen LogP contribution in [0.4, 0.5) is 5.69 Å². The third kappa shape index (κ3) is 7.00. The molecule has 0 bridgehead atoms. The van der Waals surface area contributed by atoms with Crippen molar-refractivity contribution in [2.45, 2.75) is 32.2 Å². The molecule has 2 N–H and O–H groups in total. The molecule has 2 fully saturated rings. The molecule has 3 aliphatic heterocycles. The molecular weight excluding hydrogens is 644 g/mol. The molecule has 260 valence electrons. The third-order valence-corrected chi connectivity index (χ3v) is 9.91. The van der Waals surface area contributed by atoms with Crippen LogP contribution in [-0.2, 0) is 9.59 Å². The van der Waals surface area contributed by atoms with Crippen LogP contribution in [0.5, 0.6) is 11.5 Å². The maximum absolute atomic E-state index is 13.3. The van der Waals surface area contributed by atoms with Crippen molar-refractivity contribution in [3.05, 3.63) is 125 Å². The molecule has 0 aliphatic carbocycles. The third-order valence-electron chi connectivity index (χ3n) is 9.91. The molecule has 1 atom stereocenters. The summed E-state index contributed by atoms with van der Waals surface area (Å²) < 4.78 is 6.17. The molecule has 0 saturated carbocycles. The van der Waals surface area contributed by atoms with E-state index in [1.807, 2.05) is 36.4 Å². The SMILES string of the molecule is CCC(=C(c1ccc(O)cc1)c1ccc(OCCN2CCN(c3ccc4c(c3)C(=O)N(C3CCC(=O)NC3=O)C4=O)CC2)cc1)c1ccccc1. The number of phenolic OH excluding ortho intramolecular Hbond substituents is 1. The van der Waals surface area contributed by atoms with Crippen molar-refractivity contribution in [3.63, 3.8) is 0 Å². The molecule has 7 rings (SSSR count). The largest absolute Gasteiger partial charge is 0.508 e. The lowest BCUT2D eigenvalue weighted by molar-refractivity contribution is -0.136. The van der Waals surface area contributed by atoms with Gasteiger partial charge in [0, 0.05) is 44.8 Å². The monoisotopic (exact) mass is 684 g/mol. The van der Waals surface area contributed by atoms with Gasteiger partial charge in [-0.25, -0.2) is 0 Å². The van der Waals surface area contributed by atoms with Crippen LogP contribution in [0.15, 0.2) is 97.1 Å². The van der Waals surface area contributed by atoms with E-state index in [1.54, 1.807) is 24.3 Å². The van der Waals surface area contributed by atoms with E-state index in [4.69, 9.17) is 4.74 Å². The van der Waals surface area contributed by atoms with Crippen molar-refractivity contribution < 1.29 is 29.0 Å². The summed E-state index contributed by atoms with van der Waals surface area (Å²) in [4.78, 5) is 55.9. The summed E-state index contributed by atoms with van der Waals surface area (Å²) in [5.74, 6) is -0.969. The van der Waals surface area contributed by atoms with Crippen LogP contribution < -0.4 is 15.0 Å². The highest BCUT2D eigenvalue weighted by molar-refractivity contribution is 6.23. The Bertz CT molecular complexity index is 1980. The number of anilines is 1. The number of carbonyl (C=O) groups is 4. The minimum atomic E-state index is -0.976. The van der Waals surface area contributed by atoms with Gasteiger partial charge in [-0.15, -0.1) is 0 Å². The number of phenols is 1. The summed E-state index contributed by atoms with van der Waals surface area (Å²) in [5.41, 5.74) is 7.06. The highest BCUT2D eigenvalue weighted by Crippen LogP contribution is 2.36. The van der Waals surface area contributed by atoms with Gasteiger partial charge in [0.05, 0.1) is 11.1 Å². The van der Waals surface area contributed by atoms with Gasteiger partial charge in [0.15, 0.2) is 0 Å². The van der Waals surface area contributed by atoms with Crippen molar-refractivity contribution in [1.29, 1.82) is 0 Å². The Morgan fingerprint density at radius 1 is 0.784 bits per heavy atom. The van der Waals surface area contributed by atoms with Gasteiger partial charge < -0.3 is 14.7 Å². The number of amides is 4. The van der Waals surface area contributed by atoms with Gasteiger partial charge in [-0.2, -0.15) is 0 Å². The van der Waals surface area contributed by atoms with Gasteiger partial charge in [0.25, 0.3) is 11.8 Å². The van der Waals surface area contributed by atoms with Gasteiger partial charge in [-0.05, 0) is 83.1 Å². The highest BCUT2D eigenvalue weighted by atomic mass is 16.5. The number of hydrogen-bond donors (Lipinski definition) is 2. The van der Waals surface area contributed by atoms with Crippen molar-refractivity contribution in [2.24, 2.45) is 0 Å². The number of fused-ring (bicyclic) bond motifs is 1. The Morgan fingerprint density at radius 3 is 2.12 bits per heavy atom. The number of aromatic hydroxyl groups is 1. The number of imide groups is 2. The highest BCUT2D eigenvalue weighted by Gasteiger charge is 2.44. The lowest BCUT2D eigenvalue weighted by Crippen LogP contribution is -2.54. The number of hydrogen-bond acceptors (Lipinski definition) is 8. The molecule has 0 radical (unpaired) electrons. The van der Waals surface area contributed by atoms with Gasteiger partial charge in [0.1, 0.15) is 24.1 Å². The van der Waals surface area contributed by atoms with Crippen molar-refractivity contribution in [1.82, 2.24) is 15.1 Å². The number of nitrogens with zero attached hydrogens (tertiary/aromatic N) is 3. The summed E-state index contributed by atoms with van der Waals surface area (Å²) >= 11 is 0. The lowest BCUT2D eigenvalue weighted by atomic mass is 9.88. The van der Waals surface area contributed by atoms with E-state index in [2.05, 4.69) is 58.4 Å². The first-order chi connectivity index (χ1) is 24.8.